The summed E-state index contributed by atoms with van der Waals surface area (Å²) in [6, 6.07) is 9.89. The van der Waals surface area contributed by atoms with Gasteiger partial charge in [-0.3, -0.25) is 0 Å². The van der Waals surface area contributed by atoms with Gasteiger partial charge in [-0.05, 0) is 18.4 Å². The van der Waals surface area contributed by atoms with E-state index in [1.54, 1.807) is 0 Å². The molecule has 0 saturated carbocycles. The Hall–Kier alpha value is -0.600. The van der Waals surface area contributed by atoms with Crippen molar-refractivity contribution in [3.05, 3.63) is 35.9 Å². The number of hydrogen-bond acceptors (Lipinski definition) is 1. The maximum absolute atomic E-state index is 12.7. The fourth-order valence-electron chi connectivity index (χ4n) is 1.09. The van der Waals surface area contributed by atoms with E-state index in [4.69, 9.17) is 5.73 Å². The molecule has 1 nitrogen and oxygen atoms in total. The number of alkyl halides is 1. The lowest BCUT2D eigenvalue weighted by atomic mass is 10.1. The summed E-state index contributed by atoms with van der Waals surface area (Å²) < 4.78 is 12.7. The monoisotopic (exact) mass is 203 g/mol. The molecule has 0 saturated heterocycles. The zero-order valence-corrected chi connectivity index (χ0v) is 8.27. The van der Waals surface area contributed by atoms with Gasteiger partial charge in [0.05, 0.1) is 0 Å². The molecule has 0 aromatic heterocycles. The maximum atomic E-state index is 12.7. The maximum Gasteiger partial charge on any atom is 0.113 e. The summed E-state index contributed by atoms with van der Waals surface area (Å²) in [5.74, 6) is 0. The van der Waals surface area contributed by atoms with Crippen molar-refractivity contribution in [2.45, 2.75) is 19.0 Å². The van der Waals surface area contributed by atoms with Crippen LogP contribution in [0.25, 0.3) is 0 Å². The summed E-state index contributed by atoms with van der Waals surface area (Å²) in [6.07, 6.45) is 0.449. The molecule has 0 amide bonds. The molecular formula is C10H15ClFN. The van der Waals surface area contributed by atoms with Crippen molar-refractivity contribution >= 4 is 12.4 Å². The Morgan fingerprint density at radius 2 is 1.85 bits per heavy atom. The average Bonchev–Trinajstić information content (AvgIpc) is 2.16. The molecule has 0 aliphatic heterocycles. The molecule has 0 aliphatic rings. The Labute approximate surface area is 84.5 Å². The largest absolute Gasteiger partial charge is 0.328 e. The predicted molar refractivity (Wildman–Crippen MR) is 56.0 cm³/mol. The minimum absolute atomic E-state index is 0. The molecule has 0 radical (unpaired) electrons. The fraction of sp³-hybridized carbons (Fsp3) is 0.400. The van der Waals surface area contributed by atoms with Crippen LogP contribution in [0.4, 0.5) is 4.39 Å². The van der Waals surface area contributed by atoms with Crippen molar-refractivity contribution in [1.29, 1.82) is 0 Å². The standard InChI is InChI=1S/C10H14FN.ClH/c11-10(8-12)7-6-9-4-2-1-3-5-9;/h1-5,10H,6-8,12H2;1H. The smallest absolute Gasteiger partial charge is 0.113 e. The van der Waals surface area contributed by atoms with Crippen LogP contribution < -0.4 is 5.73 Å². The summed E-state index contributed by atoms with van der Waals surface area (Å²) in [6.45, 7) is 0.132. The van der Waals surface area contributed by atoms with Crippen molar-refractivity contribution in [1.82, 2.24) is 0 Å². The van der Waals surface area contributed by atoms with Crippen LogP contribution in [-0.2, 0) is 6.42 Å². The first-order valence-corrected chi connectivity index (χ1v) is 4.21. The molecule has 13 heavy (non-hydrogen) atoms. The number of benzene rings is 1. The van der Waals surface area contributed by atoms with E-state index in [0.717, 1.165) is 6.42 Å². The second-order valence-corrected chi connectivity index (χ2v) is 2.86. The summed E-state index contributed by atoms with van der Waals surface area (Å²) in [5, 5.41) is 0. The molecule has 1 aromatic carbocycles. The lowest BCUT2D eigenvalue weighted by Gasteiger charge is -2.04. The number of hydrogen-bond donors (Lipinski definition) is 1. The van der Waals surface area contributed by atoms with E-state index in [0.29, 0.717) is 6.42 Å². The summed E-state index contributed by atoms with van der Waals surface area (Å²) in [7, 11) is 0. The van der Waals surface area contributed by atoms with Crippen LogP contribution in [-0.4, -0.2) is 12.7 Å². The molecule has 0 heterocycles. The lowest BCUT2D eigenvalue weighted by Crippen LogP contribution is -2.15. The first kappa shape index (κ1) is 12.4. The van der Waals surface area contributed by atoms with Gasteiger partial charge in [0.25, 0.3) is 0 Å². The normalized spacial score (nSPS) is 11.8. The second-order valence-electron chi connectivity index (χ2n) is 2.86. The van der Waals surface area contributed by atoms with Gasteiger partial charge in [0.1, 0.15) is 6.17 Å². The molecule has 3 heteroatoms. The zero-order valence-electron chi connectivity index (χ0n) is 7.45. The van der Waals surface area contributed by atoms with E-state index >= 15 is 0 Å². The van der Waals surface area contributed by atoms with Crippen LogP contribution >= 0.6 is 12.4 Å². The van der Waals surface area contributed by atoms with E-state index in [1.807, 2.05) is 30.3 Å². The van der Waals surface area contributed by atoms with Crippen molar-refractivity contribution in [3.8, 4) is 0 Å². The van der Waals surface area contributed by atoms with E-state index in [1.165, 1.54) is 5.56 Å². The Morgan fingerprint density at radius 3 is 2.38 bits per heavy atom. The molecule has 2 N–H and O–H groups in total. The third kappa shape index (κ3) is 4.86. The van der Waals surface area contributed by atoms with Crippen molar-refractivity contribution in [2.24, 2.45) is 5.73 Å². The van der Waals surface area contributed by atoms with Gasteiger partial charge in [-0.2, -0.15) is 0 Å². The Balaban J connectivity index is 0.00000144. The van der Waals surface area contributed by atoms with Crippen molar-refractivity contribution in [3.63, 3.8) is 0 Å². The Kier molecular flexibility index (Phi) is 6.55. The van der Waals surface area contributed by atoms with Crippen molar-refractivity contribution < 1.29 is 4.39 Å². The first-order chi connectivity index (χ1) is 5.83. The van der Waals surface area contributed by atoms with Gasteiger partial charge < -0.3 is 5.73 Å². The number of aryl methyl sites for hydroxylation is 1. The molecule has 0 aliphatic carbocycles. The van der Waals surface area contributed by atoms with Gasteiger partial charge in [0.15, 0.2) is 0 Å². The number of nitrogens with two attached hydrogens (primary N) is 1. The van der Waals surface area contributed by atoms with Crippen LogP contribution in [0.2, 0.25) is 0 Å². The molecule has 1 rings (SSSR count). The number of rotatable bonds is 4. The molecular weight excluding hydrogens is 189 g/mol. The van der Waals surface area contributed by atoms with Crippen LogP contribution in [0.3, 0.4) is 0 Å². The highest BCUT2D eigenvalue weighted by Crippen LogP contribution is 2.05. The third-order valence-electron chi connectivity index (χ3n) is 1.84. The molecule has 1 aromatic rings. The van der Waals surface area contributed by atoms with Gasteiger partial charge in [-0.1, -0.05) is 30.3 Å². The van der Waals surface area contributed by atoms with Gasteiger partial charge in [-0.25, -0.2) is 4.39 Å². The van der Waals surface area contributed by atoms with Gasteiger partial charge >= 0.3 is 0 Å². The summed E-state index contributed by atoms with van der Waals surface area (Å²) >= 11 is 0. The molecule has 1 unspecified atom stereocenters. The minimum Gasteiger partial charge on any atom is -0.328 e. The molecule has 0 fully saturated rings. The molecule has 0 bridgehead atoms. The van der Waals surface area contributed by atoms with E-state index in [9.17, 15) is 4.39 Å². The van der Waals surface area contributed by atoms with E-state index in [-0.39, 0.29) is 19.0 Å². The van der Waals surface area contributed by atoms with Crippen LogP contribution in [0.15, 0.2) is 30.3 Å². The van der Waals surface area contributed by atoms with Crippen LogP contribution in [0.1, 0.15) is 12.0 Å². The van der Waals surface area contributed by atoms with Crippen LogP contribution in [0.5, 0.6) is 0 Å². The van der Waals surface area contributed by atoms with Crippen molar-refractivity contribution in [2.75, 3.05) is 6.54 Å². The van der Waals surface area contributed by atoms with Gasteiger partial charge in [-0.15, -0.1) is 12.4 Å². The van der Waals surface area contributed by atoms with Crippen LogP contribution in [0, 0.1) is 0 Å². The third-order valence-corrected chi connectivity index (χ3v) is 1.84. The first-order valence-electron chi connectivity index (χ1n) is 4.21. The van der Waals surface area contributed by atoms with Gasteiger partial charge in [0.2, 0.25) is 0 Å². The topological polar surface area (TPSA) is 26.0 Å². The molecule has 1 atom stereocenters. The Morgan fingerprint density at radius 1 is 1.23 bits per heavy atom. The van der Waals surface area contributed by atoms with Gasteiger partial charge in [0, 0.05) is 6.54 Å². The van der Waals surface area contributed by atoms with E-state index in [2.05, 4.69) is 0 Å². The Bertz CT molecular complexity index is 215. The molecule has 74 valence electrons. The lowest BCUT2D eigenvalue weighted by molar-refractivity contribution is 0.323. The fourth-order valence-corrected chi connectivity index (χ4v) is 1.09. The highest BCUT2D eigenvalue weighted by Gasteiger charge is 2.02. The quantitative estimate of drug-likeness (QED) is 0.799. The summed E-state index contributed by atoms with van der Waals surface area (Å²) in [4.78, 5) is 0. The molecule has 0 spiro atoms. The van der Waals surface area contributed by atoms with E-state index < -0.39 is 6.17 Å². The minimum atomic E-state index is -0.856. The SMILES string of the molecule is Cl.NCC(F)CCc1ccccc1. The average molecular weight is 204 g/mol. The second kappa shape index (κ2) is 6.87. The highest BCUT2D eigenvalue weighted by molar-refractivity contribution is 5.85. The zero-order chi connectivity index (χ0) is 8.81. The predicted octanol–water partition coefficient (Wildman–Crippen LogP) is 2.34. The highest BCUT2D eigenvalue weighted by atomic mass is 35.5. The summed E-state index contributed by atoms with van der Waals surface area (Å²) in [5.41, 5.74) is 6.34. The number of halogens is 2.